The summed E-state index contributed by atoms with van der Waals surface area (Å²) in [6.45, 7) is 3.52. The number of aryl methyl sites for hydroxylation is 1. The summed E-state index contributed by atoms with van der Waals surface area (Å²) in [7, 11) is 0. The second-order valence-electron chi connectivity index (χ2n) is 5.08. The van der Waals surface area contributed by atoms with Gasteiger partial charge >= 0.3 is 0 Å². The lowest BCUT2D eigenvalue weighted by molar-refractivity contribution is 0.361. The molecule has 3 rings (SSSR count). The second kappa shape index (κ2) is 4.13. The summed E-state index contributed by atoms with van der Waals surface area (Å²) in [5, 5.41) is 4.10. The molecule has 1 atom stereocenters. The van der Waals surface area contributed by atoms with Crippen LogP contribution in [-0.2, 0) is 12.1 Å². The number of rotatable bonds is 1. The molecule has 103 valence electrons. The van der Waals surface area contributed by atoms with E-state index < -0.39 is 17.2 Å². The first kappa shape index (κ1) is 12.8. The molecular formula is C14H13F2N4. The van der Waals surface area contributed by atoms with Crippen molar-refractivity contribution in [3.63, 3.8) is 0 Å². The number of nitrogens with two attached hydrogens (primary N) is 1. The Labute approximate surface area is 114 Å². The Balaban J connectivity index is 2.16. The molecule has 0 fully saturated rings. The van der Waals surface area contributed by atoms with Gasteiger partial charge in [0.25, 0.3) is 0 Å². The molecule has 2 aromatic rings. The van der Waals surface area contributed by atoms with Crippen molar-refractivity contribution in [2.45, 2.75) is 25.9 Å². The van der Waals surface area contributed by atoms with Gasteiger partial charge in [0.15, 0.2) is 5.82 Å². The van der Waals surface area contributed by atoms with Gasteiger partial charge in [0, 0.05) is 5.56 Å². The summed E-state index contributed by atoms with van der Waals surface area (Å²) in [6, 6.07) is 7.16. The van der Waals surface area contributed by atoms with Gasteiger partial charge in [0.1, 0.15) is 22.9 Å². The van der Waals surface area contributed by atoms with Crippen LogP contribution in [0.5, 0.6) is 0 Å². The van der Waals surface area contributed by atoms with Crippen LogP contribution in [0.1, 0.15) is 23.9 Å². The molecule has 1 aliphatic heterocycles. The monoisotopic (exact) mass is 275 g/mol. The highest BCUT2D eigenvalue weighted by molar-refractivity contribution is 5.97. The van der Waals surface area contributed by atoms with E-state index in [4.69, 9.17) is 5.73 Å². The molecule has 0 amide bonds. The first-order valence-electron chi connectivity index (χ1n) is 6.17. The Morgan fingerprint density at radius 2 is 2.20 bits per heavy atom. The van der Waals surface area contributed by atoms with Crippen LogP contribution in [0.4, 0.5) is 8.78 Å². The third-order valence-electron chi connectivity index (χ3n) is 3.51. The molecule has 2 N–H and O–H groups in total. The average molecular weight is 275 g/mol. The molecule has 1 aliphatic rings. The molecule has 1 aromatic carbocycles. The number of hydrogen-bond acceptors (Lipinski definition) is 3. The fourth-order valence-corrected chi connectivity index (χ4v) is 2.53. The molecular weight excluding hydrogens is 262 g/mol. The quantitative estimate of drug-likeness (QED) is 0.864. The zero-order valence-corrected chi connectivity index (χ0v) is 11.1. The Kier molecular flexibility index (Phi) is 2.64. The van der Waals surface area contributed by atoms with Gasteiger partial charge in [-0.1, -0.05) is 6.07 Å². The number of amidine groups is 1. The predicted molar refractivity (Wildman–Crippen MR) is 70.2 cm³/mol. The van der Waals surface area contributed by atoms with E-state index in [-0.39, 0.29) is 23.8 Å². The SMILES string of the molecule is Cc1nn2c(c1F)C(N)=NC(C)(c1c[c]ccc1F)C2. The summed E-state index contributed by atoms with van der Waals surface area (Å²) in [5.74, 6) is -0.843. The minimum Gasteiger partial charge on any atom is -0.382 e. The molecule has 1 radical (unpaired) electrons. The number of aliphatic imine (C=N–C) groups is 1. The molecule has 0 aliphatic carbocycles. The van der Waals surface area contributed by atoms with E-state index in [1.165, 1.54) is 22.9 Å². The molecule has 0 spiro atoms. The Morgan fingerprint density at radius 1 is 1.45 bits per heavy atom. The lowest BCUT2D eigenvalue weighted by atomic mass is 9.91. The number of halogens is 2. The summed E-state index contributed by atoms with van der Waals surface area (Å²) in [6.07, 6.45) is 0. The van der Waals surface area contributed by atoms with Gasteiger partial charge in [0.05, 0.1) is 12.2 Å². The fraction of sp³-hybridized carbons (Fsp3) is 0.286. The van der Waals surface area contributed by atoms with Crippen LogP contribution in [0.15, 0.2) is 23.2 Å². The maximum Gasteiger partial charge on any atom is 0.175 e. The van der Waals surface area contributed by atoms with E-state index in [0.717, 1.165) is 0 Å². The molecule has 0 saturated heterocycles. The lowest BCUT2D eigenvalue weighted by Gasteiger charge is -2.30. The Morgan fingerprint density at radius 3 is 2.90 bits per heavy atom. The van der Waals surface area contributed by atoms with Gasteiger partial charge in [-0.2, -0.15) is 5.10 Å². The van der Waals surface area contributed by atoms with Gasteiger partial charge in [-0.15, -0.1) is 0 Å². The first-order chi connectivity index (χ1) is 9.42. The molecule has 1 aromatic heterocycles. The standard InChI is InChI=1S/C14H13F2N4/c1-8-11(16)12-13(17)18-14(2,7-20(12)19-8)9-5-3-4-6-10(9)15/h4-6H,7H2,1-2H3,(H2,17,18). The van der Waals surface area contributed by atoms with Crippen molar-refractivity contribution >= 4 is 5.84 Å². The normalized spacial score (nSPS) is 21.5. The number of benzene rings is 1. The topological polar surface area (TPSA) is 56.2 Å². The third kappa shape index (κ3) is 1.71. The molecule has 2 heterocycles. The van der Waals surface area contributed by atoms with Crippen molar-refractivity contribution < 1.29 is 8.78 Å². The molecule has 20 heavy (non-hydrogen) atoms. The van der Waals surface area contributed by atoms with Gasteiger partial charge in [-0.25, -0.2) is 8.78 Å². The van der Waals surface area contributed by atoms with Crippen LogP contribution in [-0.4, -0.2) is 15.6 Å². The van der Waals surface area contributed by atoms with E-state index in [9.17, 15) is 8.78 Å². The van der Waals surface area contributed by atoms with Crippen LogP contribution >= 0.6 is 0 Å². The van der Waals surface area contributed by atoms with E-state index in [1.54, 1.807) is 13.8 Å². The Bertz CT molecular complexity index is 720. The van der Waals surface area contributed by atoms with Crippen molar-refractivity contribution in [1.82, 2.24) is 9.78 Å². The highest BCUT2D eigenvalue weighted by atomic mass is 19.1. The van der Waals surface area contributed by atoms with E-state index in [0.29, 0.717) is 5.56 Å². The summed E-state index contributed by atoms with van der Waals surface area (Å²) in [4.78, 5) is 4.29. The van der Waals surface area contributed by atoms with Gasteiger partial charge in [-0.3, -0.25) is 9.67 Å². The van der Waals surface area contributed by atoms with E-state index >= 15 is 0 Å². The predicted octanol–water partition coefficient (Wildman–Crippen LogP) is 1.90. The highest BCUT2D eigenvalue weighted by Gasteiger charge is 2.36. The fourth-order valence-electron chi connectivity index (χ4n) is 2.53. The second-order valence-corrected chi connectivity index (χ2v) is 5.08. The molecule has 6 heteroatoms. The zero-order valence-electron chi connectivity index (χ0n) is 11.1. The Hall–Kier alpha value is -2.24. The maximum absolute atomic E-state index is 14.0. The minimum atomic E-state index is -0.927. The zero-order chi connectivity index (χ0) is 14.5. The lowest BCUT2D eigenvalue weighted by Crippen LogP contribution is -2.38. The third-order valence-corrected chi connectivity index (χ3v) is 3.51. The minimum absolute atomic E-state index is 0.0279. The average Bonchev–Trinajstić information content (AvgIpc) is 2.65. The summed E-state index contributed by atoms with van der Waals surface area (Å²) < 4.78 is 29.3. The molecule has 0 bridgehead atoms. The van der Waals surface area contributed by atoms with E-state index in [1.807, 2.05) is 0 Å². The maximum atomic E-state index is 14.0. The van der Waals surface area contributed by atoms with Gasteiger partial charge in [0.2, 0.25) is 0 Å². The number of hydrogen-bond donors (Lipinski definition) is 1. The van der Waals surface area contributed by atoms with Crippen LogP contribution < -0.4 is 5.73 Å². The van der Waals surface area contributed by atoms with Crippen LogP contribution in [0, 0.1) is 24.6 Å². The van der Waals surface area contributed by atoms with Crippen molar-refractivity contribution in [2.75, 3.05) is 0 Å². The number of nitrogens with zero attached hydrogens (tertiary/aromatic N) is 3. The molecule has 1 unspecified atom stereocenters. The van der Waals surface area contributed by atoms with Crippen molar-refractivity contribution in [1.29, 1.82) is 0 Å². The smallest absolute Gasteiger partial charge is 0.175 e. The highest BCUT2D eigenvalue weighted by Crippen LogP contribution is 2.33. The van der Waals surface area contributed by atoms with Crippen LogP contribution in [0.2, 0.25) is 0 Å². The summed E-state index contributed by atoms with van der Waals surface area (Å²) >= 11 is 0. The summed E-state index contributed by atoms with van der Waals surface area (Å²) in [5.41, 5.74) is 5.70. The molecule has 4 nitrogen and oxygen atoms in total. The molecule has 0 saturated carbocycles. The van der Waals surface area contributed by atoms with Gasteiger partial charge in [-0.05, 0) is 32.0 Å². The van der Waals surface area contributed by atoms with Crippen molar-refractivity contribution in [2.24, 2.45) is 10.7 Å². The van der Waals surface area contributed by atoms with E-state index in [2.05, 4.69) is 16.2 Å². The number of aromatic nitrogens is 2. The van der Waals surface area contributed by atoms with Crippen LogP contribution in [0.3, 0.4) is 0 Å². The first-order valence-corrected chi connectivity index (χ1v) is 6.17. The number of fused-ring (bicyclic) bond motifs is 1. The van der Waals surface area contributed by atoms with Crippen LogP contribution in [0.25, 0.3) is 0 Å². The van der Waals surface area contributed by atoms with Crippen molar-refractivity contribution in [3.05, 3.63) is 52.9 Å². The largest absolute Gasteiger partial charge is 0.382 e. The van der Waals surface area contributed by atoms with Crippen molar-refractivity contribution in [3.8, 4) is 0 Å². The van der Waals surface area contributed by atoms with Gasteiger partial charge < -0.3 is 5.73 Å².